The standard InChI is InChI=1S/C16H17BrClN/c1-10-6-11(2)16(12(3)7-10)19-9-13-8-14(18)4-5-15(13)17/h4-8,19H,9H2,1-3H3. The summed E-state index contributed by atoms with van der Waals surface area (Å²) in [5.74, 6) is 0. The van der Waals surface area contributed by atoms with Crippen molar-refractivity contribution >= 4 is 33.2 Å². The van der Waals surface area contributed by atoms with Gasteiger partial charge in [0.05, 0.1) is 0 Å². The van der Waals surface area contributed by atoms with E-state index in [4.69, 9.17) is 11.6 Å². The summed E-state index contributed by atoms with van der Waals surface area (Å²) < 4.78 is 1.08. The molecule has 0 aliphatic rings. The summed E-state index contributed by atoms with van der Waals surface area (Å²) in [4.78, 5) is 0. The first-order valence-corrected chi connectivity index (χ1v) is 7.40. The van der Waals surface area contributed by atoms with E-state index in [0.29, 0.717) is 0 Å². The zero-order valence-electron chi connectivity index (χ0n) is 11.3. The van der Waals surface area contributed by atoms with E-state index in [2.05, 4.69) is 54.2 Å². The van der Waals surface area contributed by atoms with Crippen molar-refractivity contribution in [3.05, 3.63) is 62.1 Å². The van der Waals surface area contributed by atoms with Gasteiger partial charge in [0.25, 0.3) is 0 Å². The van der Waals surface area contributed by atoms with Crippen LogP contribution < -0.4 is 5.32 Å². The van der Waals surface area contributed by atoms with Crippen LogP contribution in [0.2, 0.25) is 5.02 Å². The Hall–Kier alpha value is -0.990. The largest absolute Gasteiger partial charge is 0.380 e. The summed E-state index contributed by atoms with van der Waals surface area (Å²) in [6.07, 6.45) is 0. The van der Waals surface area contributed by atoms with Crippen molar-refractivity contribution in [2.24, 2.45) is 0 Å². The highest BCUT2D eigenvalue weighted by molar-refractivity contribution is 9.10. The van der Waals surface area contributed by atoms with Gasteiger partial charge in [-0.3, -0.25) is 0 Å². The average molecular weight is 339 g/mol. The van der Waals surface area contributed by atoms with Crippen LogP contribution in [0.5, 0.6) is 0 Å². The van der Waals surface area contributed by atoms with Crippen molar-refractivity contribution in [1.82, 2.24) is 0 Å². The molecule has 1 N–H and O–H groups in total. The number of rotatable bonds is 3. The molecule has 0 saturated heterocycles. The summed E-state index contributed by atoms with van der Waals surface area (Å²) in [6.45, 7) is 7.15. The maximum Gasteiger partial charge on any atom is 0.0412 e. The molecular formula is C16H17BrClN. The number of halogens is 2. The lowest BCUT2D eigenvalue weighted by atomic mass is 10.0. The second kappa shape index (κ2) is 5.98. The number of hydrogen-bond acceptors (Lipinski definition) is 1. The third-order valence-corrected chi connectivity index (χ3v) is 4.15. The summed E-state index contributed by atoms with van der Waals surface area (Å²) in [7, 11) is 0. The summed E-state index contributed by atoms with van der Waals surface area (Å²) in [6, 6.07) is 10.2. The number of aryl methyl sites for hydroxylation is 3. The fourth-order valence-corrected chi connectivity index (χ4v) is 2.90. The highest BCUT2D eigenvalue weighted by Gasteiger charge is 2.05. The van der Waals surface area contributed by atoms with E-state index in [1.54, 1.807) is 0 Å². The number of hydrogen-bond donors (Lipinski definition) is 1. The van der Waals surface area contributed by atoms with Gasteiger partial charge in [-0.2, -0.15) is 0 Å². The molecule has 0 spiro atoms. The van der Waals surface area contributed by atoms with E-state index >= 15 is 0 Å². The zero-order valence-corrected chi connectivity index (χ0v) is 13.7. The van der Waals surface area contributed by atoms with Gasteiger partial charge in [0.1, 0.15) is 0 Å². The van der Waals surface area contributed by atoms with Crippen LogP contribution in [0.4, 0.5) is 5.69 Å². The van der Waals surface area contributed by atoms with Crippen molar-refractivity contribution in [2.75, 3.05) is 5.32 Å². The lowest BCUT2D eigenvalue weighted by Gasteiger charge is -2.14. The molecule has 100 valence electrons. The van der Waals surface area contributed by atoms with Crippen molar-refractivity contribution in [1.29, 1.82) is 0 Å². The molecule has 0 amide bonds. The second-order valence-electron chi connectivity index (χ2n) is 4.86. The molecule has 0 fully saturated rings. The fourth-order valence-electron chi connectivity index (χ4n) is 2.32. The molecule has 2 aromatic carbocycles. The Labute approximate surface area is 128 Å². The van der Waals surface area contributed by atoms with Crippen LogP contribution in [0.3, 0.4) is 0 Å². The molecule has 19 heavy (non-hydrogen) atoms. The third kappa shape index (κ3) is 3.52. The summed E-state index contributed by atoms with van der Waals surface area (Å²) >= 11 is 9.59. The number of anilines is 1. The highest BCUT2D eigenvalue weighted by atomic mass is 79.9. The summed E-state index contributed by atoms with van der Waals surface area (Å²) in [5, 5.41) is 4.27. The molecule has 0 atom stereocenters. The quantitative estimate of drug-likeness (QED) is 0.763. The molecule has 3 heteroatoms. The Kier molecular flexibility index (Phi) is 4.54. The van der Waals surface area contributed by atoms with Gasteiger partial charge in [0, 0.05) is 21.7 Å². The Bertz CT molecular complexity index is 585. The van der Waals surface area contributed by atoms with Crippen molar-refractivity contribution in [2.45, 2.75) is 27.3 Å². The van der Waals surface area contributed by atoms with Crippen LogP contribution >= 0.6 is 27.5 Å². The molecule has 0 heterocycles. The normalized spacial score (nSPS) is 10.6. The third-order valence-electron chi connectivity index (χ3n) is 3.14. The molecule has 0 aliphatic carbocycles. The van der Waals surface area contributed by atoms with Crippen LogP contribution in [0.25, 0.3) is 0 Å². The summed E-state index contributed by atoms with van der Waals surface area (Å²) in [5.41, 5.74) is 6.21. The van der Waals surface area contributed by atoms with E-state index in [9.17, 15) is 0 Å². The topological polar surface area (TPSA) is 12.0 Å². The zero-order chi connectivity index (χ0) is 14.0. The van der Waals surface area contributed by atoms with Gasteiger partial charge in [-0.1, -0.05) is 45.2 Å². The van der Waals surface area contributed by atoms with Crippen LogP contribution in [-0.4, -0.2) is 0 Å². The first kappa shape index (κ1) is 14.4. The van der Waals surface area contributed by atoms with E-state index in [0.717, 1.165) is 21.6 Å². The fraction of sp³-hybridized carbons (Fsp3) is 0.250. The molecule has 0 saturated carbocycles. The van der Waals surface area contributed by atoms with E-state index in [1.807, 2.05) is 18.2 Å². The van der Waals surface area contributed by atoms with Crippen molar-refractivity contribution in [3.8, 4) is 0 Å². The van der Waals surface area contributed by atoms with Crippen molar-refractivity contribution in [3.63, 3.8) is 0 Å². The minimum absolute atomic E-state index is 0.756. The molecular weight excluding hydrogens is 322 g/mol. The molecule has 0 aliphatic heterocycles. The minimum Gasteiger partial charge on any atom is -0.380 e. The van der Waals surface area contributed by atoms with Gasteiger partial charge in [-0.15, -0.1) is 0 Å². The van der Waals surface area contributed by atoms with Gasteiger partial charge in [-0.25, -0.2) is 0 Å². The molecule has 0 aromatic heterocycles. The maximum absolute atomic E-state index is 6.03. The Morgan fingerprint density at radius 2 is 1.68 bits per heavy atom. The SMILES string of the molecule is Cc1cc(C)c(NCc2cc(Cl)ccc2Br)c(C)c1. The van der Waals surface area contributed by atoms with Crippen LogP contribution in [0.15, 0.2) is 34.8 Å². The molecule has 0 bridgehead atoms. The Morgan fingerprint density at radius 1 is 1.05 bits per heavy atom. The van der Waals surface area contributed by atoms with E-state index in [-0.39, 0.29) is 0 Å². The first-order chi connectivity index (χ1) is 8.97. The van der Waals surface area contributed by atoms with Gasteiger partial charge in [0.15, 0.2) is 0 Å². The first-order valence-electron chi connectivity index (χ1n) is 6.23. The van der Waals surface area contributed by atoms with E-state index in [1.165, 1.54) is 22.4 Å². The van der Waals surface area contributed by atoms with Crippen LogP contribution in [-0.2, 0) is 6.54 Å². The lowest BCUT2D eigenvalue weighted by Crippen LogP contribution is -2.04. The lowest BCUT2D eigenvalue weighted by molar-refractivity contribution is 1.12. The molecule has 2 rings (SSSR count). The number of benzene rings is 2. The smallest absolute Gasteiger partial charge is 0.0412 e. The highest BCUT2D eigenvalue weighted by Crippen LogP contribution is 2.25. The van der Waals surface area contributed by atoms with Crippen molar-refractivity contribution < 1.29 is 0 Å². The van der Waals surface area contributed by atoms with Crippen LogP contribution in [0, 0.1) is 20.8 Å². The Morgan fingerprint density at radius 3 is 2.32 bits per heavy atom. The predicted molar refractivity (Wildman–Crippen MR) is 87.1 cm³/mol. The Balaban J connectivity index is 2.21. The average Bonchev–Trinajstić information content (AvgIpc) is 2.32. The monoisotopic (exact) mass is 337 g/mol. The van der Waals surface area contributed by atoms with Gasteiger partial charge < -0.3 is 5.32 Å². The molecule has 0 unspecified atom stereocenters. The molecule has 0 radical (unpaired) electrons. The minimum atomic E-state index is 0.756. The molecule has 2 aromatic rings. The van der Waals surface area contributed by atoms with Crippen LogP contribution in [0.1, 0.15) is 22.3 Å². The predicted octanol–water partition coefficient (Wildman–Crippen LogP) is 5.64. The maximum atomic E-state index is 6.03. The van der Waals surface area contributed by atoms with Gasteiger partial charge in [0.2, 0.25) is 0 Å². The van der Waals surface area contributed by atoms with Gasteiger partial charge >= 0.3 is 0 Å². The second-order valence-corrected chi connectivity index (χ2v) is 6.15. The van der Waals surface area contributed by atoms with E-state index < -0.39 is 0 Å². The molecule has 1 nitrogen and oxygen atoms in total. The van der Waals surface area contributed by atoms with Gasteiger partial charge in [-0.05, 0) is 55.7 Å². The number of nitrogens with one attached hydrogen (secondary N) is 1.